The molecule has 2 aliphatic heterocycles. The molecule has 0 aliphatic carbocycles. The smallest absolute Gasteiger partial charge is 0.238 e. The number of carbonyl (C=O) groups is 1. The number of ether oxygens (including phenoxy) is 1. The van der Waals surface area contributed by atoms with Gasteiger partial charge in [-0.25, -0.2) is 10.4 Å². The molecule has 0 aromatic carbocycles. The van der Waals surface area contributed by atoms with E-state index in [-0.39, 0.29) is 23.1 Å². The number of nitrogens with zero attached hydrogens (tertiary/aromatic N) is 5. The topological polar surface area (TPSA) is 131 Å². The molecule has 3 aromatic heterocycles. The molecule has 2 aliphatic rings. The molecule has 3 aromatic rings. The van der Waals surface area contributed by atoms with Crippen LogP contribution in [0.4, 0.5) is 17.5 Å². The van der Waals surface area contributed by atoms with Crippen molar-refractivity contribution in [1.29, 1.82) is 0 Å². The van der Waals surface area contributed by atoms with E-state index in [0.717, 1.165) is 39.0 Å². The van der Waals surface area contributed by atoms with E-state index < -0.39 is 0 Å². The molecule has 11 heteroatoms. The van der Waals surface area contributed by atoms with Crippen LogP contribution >= 0.6 is 11.8 Å². The summed E-state index contributed by atoms with van der Waals surface area (Å²) in [6, 6.07) is 3.49. The molecule has 1 amide bonds. The van der Waals surface area contributed by atoms with Crippen molar-refractivity contribution in [3.63, 3.8) is 0 Å². The van der Waals surface area contributed by atoms with Crippen molar-refractivity contribution in [1.82, 2.24) is 25.4 Å². The number of hydrogen-bond acceptors (Lipinski definition) is 10. The highest BCUT2D eigenvalue weighted by Crippen LogP contribution is 2.47. The molecule has 2 atom stereocenters. The molecule has 5 rings (SSSR count). The van der Waals surface area contributed by atoms with Gasteiger partial charge in [0.25, 0.3) is 0 Å². The van der Waals surface area contributed by atoms with Crippen LogP contribution in [0.25, 0.3) is 0 Å². The van der Waals surface area contributed by atoms with E-state index >= 15 is 0 Å². The van der Waals surface area contributed by atoms with Crippen LogP contribution in [0.3, 0.4) is 0 Å². The quantitative estimate of drug-likeness (QED) is 0.484. The third-order valence-electron chi connectivity index (χ3n) is 5.81. The second-order valence-electron chi connectivity index (χ2n) is 8.01. The molecular formula is C22H24N8O2S. The first-order valence-electron chi connectivity index (χ1n) is 10.5. The molecule has 0 bridgehead atoms. The zero-order chi connectivity index (χ0) is 23.1. The van der Waals surface area contributed by atoms with Gasteiger partial charge in [0.2, 0.25) is 11.9 Å². The van der Waals surface area contributed by atoms with E-state index in [9.17, 15) is 4.79 Å². The molecule has 0 saturated heterocycles. The Labute approximate surface area is 195 Å². The summed E-state index contributed by atoms with van der Waals surface area (Å²) in [5.74, 6) is 1.62. The second-order valence-corrected chi connectivity index (χ2v) is 9.20. The highest BCUT2D eigenvalue weighted by molar-refractivity contribution is 8.00. The summed E-state index contributed by atoms with van der Waals surface area (Å²) in [7, 11) is 1.66. The fourth-order valence-corrected chi connectivity index (χ4v) is 5.49. The summed E-state index contributed by atoms with van der Waals surface area (Å²) < 4.78 is 5.55. The van der Waals surface area contributed by atoms with Gasteiger partial charge < -0.3 is 15.8 Å². The maximum absolute atomic E-state index is 13.0. The van der Waals surface area contributed by atoms with Gasteiger partial charge in [0.1, 0.15) is 10.8 Å². The van der Waals surface area contributed by atoms with Crippen LogP contribution in [0.5, 0.6) is 5.75 Å². The maximum Gasteiger partial charge on any atom is 0.238 e. The zero-order valence-electron chi connectivity index (χ0n) is 18.5. The molecule has 0 spiro atoms. The number of nitrogens with one attached hydrogen (secondary N) is 2. The van der Waals surface area contributed by atoms with Crippen LogP contribution < -0.4 is 26.2 Å². The van der Waals surface area contributed by atoms with Crippen LogP contribution in [0.15, 0.2) is 35.7 Å². The predicted molar refractivity (Wildman–Crippen MR) is 126 cm³/mol. The summed E-state index contributed by atoms with van der Waals surface area (Å²) in [6.07, 6.45) is 5.68. The van der Waals surface area contributed by atoms with Gasteiger partial charge in [-0.15, -0.1) is 0 Å². The van der Waals surface area contributed by atoms with Crippen molar-refractivity contribution >= 4 is 35.1 Å². The molecule has 5 heterocycles. The SMILES string of the molecule is COc1c(C)cnc(CN2NC3CC(C(=O)Nc4cccnc4)Sc4nc(N)nc2c43)c1C. The van der Waals surface area contributed by atoms with Crippen molar-refractivity contribution in [3.8, 4) is 5.75 Å². The maximum atomic E-state index is 13.0. The Bertz CT molecular complexity index is 1220. The summed E-state index contributed by atoms with van der Waals surface area (Å²) in [4.78, 5) is 30.6. The van der Waals surface area contributed by atoms with E-state index in [4.69, 9.17) is 10.5 Å². The lowest BCUT2D eigenvalue weighted by Gasteiger charge is -2.26. The number of nitrogens with two attached hydrogens (primary N) is 1. The Morgan fingerprint density at radius 2 is 2.21 bits per heavy atom. The molecule has 33 heavy (non-hydrogen) atoms. The Morgan fingerprint density at radius 3 is 2.97 bits per heavy atom. The average Bonchev–Trinajstić information content (AvgIpc) is 3.14. The molecule has 170 valence electrons. The monoisotopic (exact) mass is 464 g/mol. The minimum Gasteiger partial charge on any atom is -0.496 e. The first-order valence-corrected chi connectivity index (χ1v) is 11.4. The Morgan fingerprint density at radius 1 is 1.36 bits per heavy atom. The van der Waals surface area contributed by atoms with E-state index in [1.807, 2.05) is 31.1 Å². The summed E-state index contributed by atoms with van der Waals surface area (Å²) in [6.45, 7) is 4.44. The minimum atomic E-state index is -0.336. The lowest BCUT2D eigenvalue weighted by molar-refractivity contribution is -0.116. The zero-order valence-corrected chi connectivity index (χ0v) is 19.3. The average molecular weight is 465 g/mol. The largest absolute Gasteiger partial charge is 0.496 e. The minimum absolute atomic E-state index is 0.0987. The van der Waals surface area contributed by atoms with Crippen molar-refractivity contribution < 1.29 is 9.53 Å². The Balaban J connectivity index is 1.41. The molecule has 0 radical (unpaired) electrons. The summed E-state index contributed by atoms with van der Waals surface area (Å²) >= 11 is 1.41. The number of pyridine rings is 2. The fraction of sp³-hybridized carbons (Fsp3) is 0.318. The number of rotatable bonds is 5. The van der Waals surface area contributed by atoms with Crippen LogP contribution in [0.1, 0.15) is 34.8 Å². The number of aryl methyl sites for hydroxylation is 1. The first kappa shape index (κ1) is 21.4. The number of hydrogen-bond donors (Lipinski definition) is 3. The highest BCUT2D eigenvalue weighted by atomic mass is 32.2. The van der Waals surface area contributed by atoms with Gasteiger partial charge in [0.15, 0.2) is 5.82 Å². The van der Waals surface area contributed by atoms with Gasteiger partial charge in [-0.05, 0) is 32.4 Å². The Kier molecular flexibility index (Phi) is 5.51. The van der Waals surface area contributed by atoms with Crippen molar-refractivity contribution in [2.45, 2.75) is 43.1 Å². The van der Waals surface area contributed by atoms with E-state index in [1.54, 1.807) is 25.6 Å². The lowest BCUT2D eigenvalue weighted by atomic mass is 10.0. The molecular weight excluding hydrogens is 440 g/mol. The number of thioether (sulfide) groups is 1. The Hall–Kier alpha value is -3.44. The fourth-order valence-electron chi connectivity index (χ4n) is 4.26. The van der Waals surface area contributed by atoms with Crippen LogP contribution in [0, 0.1) is 13.8 Å². The summed E-state index contributed by atoms with van der Waals surface area (Å²) in [5, 5.41) is 5.26. The second kappa shape index (κ2) is 8.49. The number of aromatic nitrogens is 4. The van der Waals surface area contributed by atoms with E-state index in [1.165, 1.54) is 11.8 Å². The van der Waals surface area contributed by atoms with Gasteiger partial charge in [0, 0.05) is 29.1 Å². The van der Waals surface area contributed by atoms with Gasteiger partial charge in [-0.3, -0.25) is 19.8 Å². The van der Waals surface area contributed by atoms with E-state index in [0.29, 0.717) is 18.7 Å². The first-order chi connectivity index (χ1) is 15.9. The van der Waals surface area contributed by atoms with Gasteiger partial charge in [0.05, 0.1) is 42.5 Å². The highest BCUT2D eigenvalue weighted by Gasteiger charge is 2.41. The van der Waals surface area contributed by atoms with Gasteiger partial charge in [-0.2, -0.15) is 4.98 Å². The molecule has 4 N–H and O–H groups in total. The van der Waals surface area contributed by atoms with Crippen molar-refractivity contribution in [2.75, 3.05) is 23.2 Å². The van der Waals surface area contributed by atoms with Crippen molar-refractivity contribution in [3.05, 3.63) is 53.1 Å². The van der Waals surface area contributed by atoms with E-state index in [2.05, 4.69) is 30.7 Å². The molecule has 0 saturated carbocycles. The molecule has 2 unspecified atom stereocenters. The molecule has 10 nitrogen and oxygen atoms in total. The summed E-state index contributed by atoms with van der Waals surface area (Å²) in [5.41, 5.74) is 14.0. The lowest BCUT2D eigenvalue weighted by Crippen LogP contribution is -2.38. The number of nitrogen functional groups attached to an aromatic ring is 1. The van der Waals surface area contributed by atoms with Crippen LogP contribution in [-0.2, 0) is 11.3 Å². The number of methoxy groups -OCH3 is 1. The van der Waals surface area contributed by atoms with Crippen molar-refractivity contribution in [2.24, 2.45) is 0 Å². The van der Waals surface area contributed by atoms with Gasteiger partial charge >= 0.3 is 0 Å². The van der Waals surface area contributed by atoms with Crippen LogP contribution in [-0.4, -0.2) is 38.2 Å². The van der Waals surface area contributed by atoms with Crippen LogP contribution in [0.2, 0.25) is 0 Å². The third kappa shape index (κ3) is 3.93. The normalized spacial score (nSPS) is 18.7. The standard InChI is InChI=1S/C22H24N8O2S/c1-11-8-25-15(12(2)18(11)32-3)10-30-19-17-14(29-30)7-16(33-21(17)28-22(23)27-19)20(31)26-13-5-4-6-24-9-13/h4-6,8-9,14,16,29H,7,10H2,1-3H3,(H,26,31)(H2,23,27,28). The number of anilines is 3. The molecule has 0 fully saturated rings. The number of carbonyl (C=O) groups excluding carboxylic acids is 1. The third-order valence-corrected chi connectivity index (χ3v) is 7.03. The number of amides is 1. The number of hydrazine groups is 1. The van der Waals surface area contributed by atoms with Gasteiger partial charge in [-0.1, -0.05) is 11.8 Å². The predicted octanol–water partition coefficient (Wildman–Crippen LogP) is 2.54.